The van der Waals surface area contributed by atoms with Gasteiger partial charge in [0.05, 0.1) is 33.1 Å². The molecule has 3 amide bonds. The van der Waals surface area contributed by atoms with Crippen molar-refractivity contribution in [2.24, 2.45) is 0 Å². The number of anilines is 1. The first-order chi connectivity index (χ1) is 19.6. The van der Waals surface area contributed by atoms with Gasteiger partial charge in [0.1, 0.15) is 6.54 Å². The minimum atomic E-state index is -0.799. The lowest BCUT2D eigenvalue weighted by Crippen LogP contribution is -2.36. The number of imide groups is 1. The van der Waals surface area contributed by atoms with Crippen LogP contribution in [0, 0.1) is 20.2 Å². The van der Waals surface area contributed by atoms with E-state index >= 15 is 0 Å². The van der Waals surface area contributed by atoms with Gasteiger partial charge in [-0.15, -0.1) is 0 Å². The summed E-state index contributed by atoms with van der Waals surface area (Å²) in [6.07, 6.45) is 1.44. The lowest BCUT2D eigenvalue weighted by atomic mass is 10.1. The molecule has 3 aromatic rings. The molecule has 1 aliphatic heterocycles. The highest BCUT2D eigenvalue weighted by Gasteiger charge is 2.36. The summed E-state index contributed by atoms with van der Waals surface area (Å²) in [7, 11) is 0. The number of non-ortho nitro benzene ring substituents is 1. The second-order valence-corrected chi connectivity index (χ2v) is 10.1. The van der Waals surface area contributed by atoms with Crippen molar-refractivity contribution in [3.8, 4) is 17.2 Å². The molecule has 0 aromatic heterocycles. The summed E-state index contributed by atoms with van der Waals surface area (Å²) in [6, 6.07) is 14.4. The summed E-state index contributed by atoms with van der Waals surface area (Å²) < 4.78 is 11.9. The number of hydrogen-bond acceptors (Lipinski definition) is 10. The maximum absolute atomic E-state index is 12.9. The summed E-state index contributed by atoms with van der Waals surface area (Å²) in [4.78, 5) is 59.8. The van der Waals surface area contributed by atoms with Gasteiger partial charge >= 0.3 is 5.69 Å². The number of benzene rings is 3. The third-order valence-corrected chi connectivity index (χ3v) is 7.06. The zero-order valence-electron chi connectivity index (χ0n) is 21.1. The minimum Gasteiger partial charge on any atom is -0.490 e. The standard InChI is InChI=1S/C26H19BrN4O9S/c1-2-39-22-11-15(7-9-21(22)40-20-10-8-16(30(35)36)13-19(20)31(37)38)12-23-25(33)29(26(34)41-23)14-24(32)28-18-6-4-3-5-17(18)27/h3-13H,2,14H2,1H3,(H,28,32)/b23-12+. The van der Waals surface area contributed by atoms with Crippen LogP contribution in [-0.4, -0.2) is 45.0 Å². The lowest BCUT2D eigenvalue weighted by molar-refractivity contribution is -0.394. The van der Waals surface area contributed by atoms with Crippen molar-refractivity contribution in [2.75, 3.05) is 18.5 Å². The average Bonchev–Trinajstić information content (AvgIpc) is 3.18. The van der Waals surface area contributed by atoms with Crippen LogP contribution in [0.5, 0.6) is 17.2 Å². The Morgan fingerprint density at radius 3 is 2.44 bits per heavy atom. The number of nitro groups is 2. The predicted octanol–water partition coefficient (Wildman–Crippen LogP) is 6.13. The van der Waals surface area contributed by atoms with E-state index in [9.17, 15) is 34.6 Å². The second kappa shape index (κ2) is 12.6. The van der Waals surface area contributed by atoms with Gasteiger partial charge in [0.2, 0.25) is 11.7 Å². The maximum Gasteiger partial charge on any atom is 0.318 e. The fourth-order valence-corrected chi connectivity index (χ4v) is 4.84. The zero-order valence-corrected chi connectivity index (χ0v) is 23.5. The molecule has 0 bridgehead atoms. The molecular weight excluding hydrogens is 624 g/mol. The van der Waals surface area contributed by atoms with E-state index in [1.54, 1.807) is 31.2 Å². The van der Waals surface area contributed by atoms with E-state index in [4.69, 9.17) is 9.47 Å². The number of nitro benzene ring substituents is 2. The quantitative estimate of drug-likeness (QED) is 0.154. The summed E-state index contributed by atoms with van der Waals surface area (Å²) in [6.45, 7) is 1.43. The molecule has 3 aromatic carbocycles. The van der Waals surface area contributed by atoms with Crippen molar-refractivity contribution in [1.29, 1.82) is 0 Å². The molecule has 0 radical (unpaired) electrons. The molecule has 1 aliphatic rings. The van der Waals surface area contributed by atoms with Crippen LogP contribution in [0.4, 0.5) is 21.9 Å². The number of nitrogens with one attached hydrogen (secondary N) is 1. The summed E-state index contributed by atoms with van der Waals surface area (Å²) in [5, 5.41) is 24.5. The third kappa shape index (κ3) is 6.88. The molecule has 0 atom stereocenters. The van der Waals surface area contributed by atoms with Crippen LogP contribution < -0.4 is 14.8 Å². The van der Waals surface area contributed by atoms with Crippen LogP contribution in [-0.2, 0) is 9.59 Å². The van der Waals surface area contributed by atoms with Crippen molar-refractivity contribution in [1.82, 2.24) is 4.90 Å². The van der Waals surface area contributed by atoms with E-state index in [1.165, 1.54) is 24.3 Å². The molecule has 0 spiro atoms. The Morgan fingerprint density at radius 2 is 1.76 bits per heavy atom. The smallest absolute Gasteiger partial charge is 0.318 e. The Morgan fingerprint density at radius 1 is 1.02 bits per heavy atom. The molecule has 0 unspecified atom stereocenters. The van der Waals surface area contributed by atoms with Crippen molar-refractivity contribution in [3.05, 3.63) is 95.8 Å². The first kappa shape index (κ1) is 29.2. The highest BCUT2D eigenvalue weighted by Crippen LogP contribution is 2.39. The van der Waals surface area contributed by atoms with Crippen LogP contribution in [0.3, 0.4) is 0 Å². The number of nitrogens with zero attached hydrogens (tertiary/aromatic N) is 3. The molecule has 1 fully saturated rings. The molecule has 1 saturated heterocycles. The van der Waals surface area contributed by atoms with Crippen LogP contribution in [0.1, 0.15) is 12.5 Å². The number of para-hydroxylation sites is 1. The normalized spacial score (nSPS) is 13.8. The van der Waals surface area contributed by atoms with Crippen molar-refractivity contribution >= 4 is 67.9 Å². The van der Waals surface area contributed by atoms with E-state index in [0.717, 1.165) is 23.1 Å². The summed E-state index contributed by atoms with van der Waals surface area (Å²) >= 11 is 3.99. The van der Waals surface area contributed by atoms with Gasteiger partial charge in [-0.2, -0.15) is 0 Å². The average molecular weight is 643 g/mol. The van der Waals surface area contributed by atoms with Gasteiger partial charge in [-0.1, -0.05) is 18.2 Å². The first-order valence-corrected chi connectivity index (χ1v) is 13.4. The molecule has 13 nitrogen and oxygen atoms in total. The van der Waals surface area contributed by atoms with Gasteiger partial charge < -0.3 is 14.8 Å². The number of carbonyl (C=O) groups is 3. The highest BCUT2D eigenvalue weighted by molar-refractivity contribution is 9.10. The molecule has 1 N–H and O–H groups in total. The van der Waals surface area contributed by atoms with Crippen LogP contribution in [0.25, 0.3) is 6.08 Å². The highest BCUT2D eigenvalue weighted by atomic mass is 79.9. The summed E-state index contributed by atoms with van der Waals surface area (Å²) in [5.74, 6) is -1.20. The summed E-state index contributed by atoms with van der Waals surface area (Å²) in [5.41, 5.74) is -0.140. The number of hydrogen-bond donors (Lipinski definition) is 1. The molecule has 41 heavy (non-hydrogen) atoms. The van der Waals surface area contributed by atoms with E-state index < -0.39 is 44.8 Å². The molecule has 4 rings (SSSR count). The molecule has 1 heterocycles. The topological polar surface area (TPSA) is 171 Å². The zero-order chi connectivity index (χ0) is 29.7. The fraction of sp³-hybridized carbons (Fsp3) is 0.115. The third-order valence-electron chi connectivity index (χ3n) is 5.46. The maximum atomic E-state index is 12.9. The van der Waals surface area contributed by atoms with Crippen LogP contribution in [0.15, 0.2) is 70.0 Å². The Hall–Kier alpha value is -4.76. The van der Waals surface area contributed by atoms with Crippen LogP contribution >= 0.6 is 27.7 Å². The molecule has 0 aliphatic carbocycles. The van der Waals surface area contributed by atoms with Crippen molar-refractivity contribution in [2.45, 2.75) is 6.92 Å². The number of amides is 3. The Balaban J connectivity index is 1.54. The number of ether oxygens (including phenoxy) is 2. The lowest BCUT2D eigenvalue weighted by Gasteiger charge is -2.13. The van der Waals surface area contributed by atoms with Gasteiger partial charge in [0, 0.05) is 10.5 Å². The van der Waals surface area contributed by atoms with Gasteiger partial charge in [-0.05, 0) is 76.6 Å². The fourth-order valence-electron chi connectivity index (χ4n) is 3.62. The van der Waals surface area contributed by atoms with Gasteiger partial charge in [0.15, 0.2) is 11.5 Å². The number of rotatable bonds is 10. The van der Waals surface area contributed by atoms with E-state index in [-0.39, 0.29) is 28.8 Å². The monoisotopic (exact) mass is 642 g/mol. The molecular formula is C26H19BrN4O9S. The number of thioether (sulfide) groups is 1. The molecule has 0 saturated carbocycles. The molecule has 210 valence electrons. The van der Waals surface area contributed by atoms with Crippen molar-refractivity contribution in [3.63, 3.8) is 0 Å². The number of halogens is 1. The first-order valence-electron chi connectivity index (χ1n) is 11.7. The Kier molecular flexibility index (Phi) is 8.99. The second-order valence-electron chi connectivity index (χ2n) is 8.20. The Labute approximate surface area is 244 Å². The van der Waals surface area contributed by atoms with Gasteiger partial charge in [-0.3, -0.25) is 39.5 Å². The molecule has 15 heteroatoms. The van der Waals surface area contributed by atoms with Gasteiger partial charge in [-0.25, -0.2) is 0 Å². The number of carbonyl (C=O) groups excluding carboxylic acids is 3. The SMILES string of the molecule is CCOc1cc(/C=C2/SC(=O)N(CC(=O)Nc3ccccc3Br)C2=O)ccc1Oc1ccc([N+](=O)[O-])cc1[N+](=O)[O-]. The van der Waals surface area contributed by atoms with E-state index in [0.29, 0.717) is 27.5 Å². The van der Waals surface area contributed by atoms with E-state index in [1.807, 2.05) is 0 Å². The minimum absolute atomic E-state index is 0.0748. The predicted molar refractivity (Wildman–Crippen MR) is 153 cm³/mol. The largest absolute Gasteiger partial charge is 0.490 e. The van der Waals surface area contributed by atoms with E-state index in [2.05, 4.69) is 21.2 Å². The van der Waals surface area contributed by atoms with Gasteiger partial charge in [0.25, 0.3) is 16.8 Å². The Bertz CT molecular complexity index is 1610. The van der Waals surface area contributed by atoms with Crippen LogP contribution in [0.2, 0.25) is 0 Å². The van der Waals surface area contributed by atoms with Crippen molar-refractivity contribution < 1.29 is 33.7 Å².